The van der Waals surface area contributed by atoms with Crippen LogP contribution in [0.25, 0.3) is 0 Å². The van der Waals surface area contributed by atoms with Gasteiger partial charge in [0.2, 0.25) is 11.8 Å². The predicted octanol–water partition coefficient (Wildman–Crippen LogP) is 2.48. The molecule has 0 fully saturated rings. The molecule has 6 nitrogen and oxygen atoms in total. The summed E-state index contributed by atoms with van der Waals surface area (Å²) >= 11 is 6.03. The quantitative estimate of drug-likeness (QED) is 0.667. The van der Waals surface area contributed by atoms with Gasteiger partial charge in [-0.15, -0.1) is 0 Å². The summed E-state index contributed by atoms with van der Waals surface area (Å²) in [5.74, 6) is 0.117. The minimum absolute atomic E-state index is 0.0973. The number of benzene rings is 1. The van der Waals surface area contributed by atoms with Crippen molar-refractivity contribution in [2.45, 2.75) is 39.7 Å². The summed E-state index contributed by atoms with van der Waals surface area (Å²) in [7, 11) is 1.51. The number of hydrogen-bond donors (Lipinski definition) is 3. The van der Waals surface area contributed by atoms with Gasteiger partial charge in [-0.3, -0.25) is 9.59 Å². The van der Waals surface area contributed by atoms with Crippen LogP contribution in [-0.4, -0.2) is 31.5 Å². The second-order valence-corrected chi connectivity index (χ2v) is 6.21. The average molecular weight is 356 g/mol. The molecule has 1 aromatic rings. The van der Waals surface area contributed by atoms with Crippen LogP contribution in [0, 0.1) is 12.8 Å². The number of ether oxygens (including phenoxy) is 1. The van der Waals surface area contributed by atoms with Crippen molar-refractivity contribution in [1.82, 2.24) is 5.32 Å². The number of methoxy groups -OCH3 is 1. The molecular weight excluding hydrogens is 330 g/mol. The summed E-state index contributed by atoms with van der Waals surface area (Å²) in [4.78, 5) is 23.9. The van der Waals surface area contributed by atoms with Crippen LogP contribution in [0.5, 0.6) is 5.75 Å². The van der Waals surface area contributed by atoms with Crippen molar-refractivity contribution in [2.24, 2.45) is 11.7 Å². The van der Waals surface area contributed by atoms with Crippen LogP contribution in [0.1, 0.15) is 32.3 Å². The Morgan fingerprint density at radius 1 is 1.38 bits per heavy atom. The van der Waals surface area contributed by atoms with Gasteiger partial charge in [0.1, 0.15) is 5.75 Å². The number of aryl methyl sites for hydroxylation is 1. The number of rotatable bonds is 8. The first-order valence-corrected chi connectivity index (χ1v) is 8.35. The first-order chi connectivity index (χ1) is 11.3. The molecule has 2 atom stereocenters. The summed E-state index contributed by atoms with van der Waals surface area (Å²) in [6.07, 6.45) is 0.967. The predicted molar refractivity (Wildman–Crippen MR) is 96.4 cm³/mol. The Labute approximate surface area is 148 Å². The molecule has 1 rings (SSSR count). The van der Waals surface area contributed by atoms with Crippen LogP contribution in [0.3, 0.4) is 0 Å². The van der Waals surface area contributed by atoms with Crippen LogP contribution in [0.15, 0.2) is 12.1 Å². The van der Waals surface area contributed by atoms with Crippen molar-refractivity contribution in [3.8, 4) is 5.75 Å². The second kappa shape index (κ2) is 9.49. The lowest BCUT2D eigenvalue weighted by Gasteiger charge is -2.17. The lowest BCUT2D eigenvalue weighted by molar-refractivity contribution is -0.123. The zero-order valence-corrected chi connectivity index (χ0v) is 15.4. The van der Waals surface area contributed by atoms with Crippen molar-refractivity contribution in [3.63, 3.8) is 0 Å². The monoisotopic (exact) mass is 355 g/mol. The van der Waals surface area contributed by atoms with Crippen molar-refractivity contribution in [2.75, 3.05) is 19.0 Å². The topological polar surface area (TPSA) is 93.5 Å². The number of carbonyl (C=O) groups is 2. The van der Waals surface area contributed by atoms with Crippen molar-refractivity contribution in [1.29, 1.82) is 0 Å². The Morgan fingerprint density at radius 3 is 2.62 bits per heavy atom. The molecule has 0 saturated carbocycles. The van der Waals surface area contributed by atoms with E-state index in [0.717, 1.165) is 12.0 Å². The molecule has 0 heterocycles. The van der Waals surface area contributed by atoms with Crippen LogP contribution in [0.2, 0.25) is 5.02 Å². The third-order valence-corrected chi connectivity index (χ3v) is 4.37. The molecule has 0 bridgehead atoms. The number of hydrogen-bond acceptors (Lipinski definition) is 4. The van der Waals surface area contributed by atoms with Gasteiger partial charge in [-0.25, -0.2) is 0 Å². The fraction of sp³-hybridized carbons (Fsp3) is 0.529. The van der Waals surface area contributed by atoms with E-state index in [9.17, 15) is 9.59 Å². The molecule has 0 aliphatic carbocycles. The zero-order chi connectivity index (χ0) is 18.3. The lowest BCUT2D eigenvalue weighted by atomic mass is 9.99. The molecule has 2 amide bonds. The summed E-state index contributed by atoms with van der Waals surface area (Å²) in [6.45, 7) is 5.97. The highest BCUT2D eigenvalue weighted by Gasteiger charge is 2.19. The SMILES string of the molecule is CCC(C)C(N)C(=O)NCCC(=O)Nc1cc(C)c(Cl)cc1OC. The van der Waals surface area contributed by atoms with Crippen LogP contribution >= 0.6 is 11.6 Å². The van der Waals surface area contributed by atoms with Gasteiger partial charge in [-0.1, -0.05) is 31.9 Å². The largest absolute Gasteiger partial charge is 0.495 e. The first kappa shape index (κ1) is 20.3. The third kappa shape index (κ3) is 5.69. The molecule has 134 valence electrons. The Kier molecular flexibility index (Phi) is 8.01. The minimum Gasteiger partial charge on any atom is -0.495 e. The molecule has 1 aromatic carbocycles. The molecule has 0 radical (unpaired) electrons. The zero-order valence-electron chi connectivity index (χ0n) is 14.6. The highest BCUT2D eigenvalue weighted by molar-refractivity contribution is 6.31. The smallest absolute Gasteiger partial charge is 0.237 e. The van der Waals surface area contributed by atoms with Gasteiger partial charge in [-0.2, -0.15) is 0 Å². The van der Waals surface area contributed by atoms with Crippen LogP contribution in [0.4, 0.5) is 5.69 Å². The standard InChI is InChI=1S/C17H26ClN3O3/c1-5-10(2)16(19)17(23)20-7-6-15(22)21-13-8-11(3)12(18)9-14(13)24-4/h8-10,16H,5-7,19H2,1-4H3,(H,20,23)(H,21,22). The van der Waals surface area contributed by atoms with Crippen LogP contribution in [-0.2, 0) is 9.59 Å². The Morgan fingerprint density at radius 2 is 2.04 bits per heavy atom. The summed E-state index contributed by atoms with van der Waals surface area (Å²) < 4.78 is 5.21. The fourth-order valence-corrected chi connectivity index (χ4v) is 2.23. The van der Waals surface area contributed by atoms with E-state index < -0.39 is 6.04 Å². The summed E-state index contributed by atoms with van der Waals surface area (Å²) in [6, 6.07) is 2.84. The van der Waals surface area contributed by atoms with Gasteiger partial charge < -0.3 is 21.1 Å². The van der Waals surface area contributed by atoms with Gasteiger partial charge in [0.15, 0.2) is 0 Å². The molecule has 24 heavy (non-hydrogen) atoms. The first-order valence-electron chi connectivity index (χ1n) is 7.97. The van der Waals surface area contributed by atoms with Gasteiger partial charge in [0, 0.05) is 24.1 Å². The number of nitrogens with one attached hydrogen (secondary N) is 2. The van der Waals surface area contributed by atoms with Crippen molar-refractivity contribution >= 4 is 29.1 Å². The summed E-state index contributed by atoms with van der Waals surface area (Å²) in [5, 5.41) is 6.01. The minimum atomic E-state index is -0.558. The number of halogens is 1. The molecular formula is C17H26ClN3O3. The Bertz CT molecular complexity index is 593. The van der Waals surface area contributed by atoms with Crippen LogP contribution < -0.4 is 21.1 Å². The maximum atomic E-state index is 12.0. The Hall–Kier alpha value is -1.79. The number of anilines is 1. The molecule has 0 saturated heterocycles. The van der Waals surface area contributed by atoms with E-state index in [2.05, 4.69) is 10.6 Å². The van der Waals surface area contributed by atoms with E-state index in [4.69, 9.17) is 22.1 Å². The van der Waals surface area contributed by atoms with Gasteiger partial charge in [-0.05, 0) is 24.5 Å². The maximum Gasteiger partial charge on any atom is 0.237 e. The molecule has 0 aliphatic heterocycles. The normalized spacial score (nSPS) is 13.1. The molecule has 7 heteroatoms. The molecule has 0 aliphatic rings. The van der Waals surface area contributed by atoms with Gasteiger partial charge in [0.25, 0.3) is 0 Å². The molecule has 2 unspecified atom stereocenters. The molecule has 0 spiro atoms. The van der Waals surface area contributed by atoms with Gasteiger partial charge in [0.05, 0.1) is 18.8 Å². The summed E-state index contributed by atoms with van der Waals surface area (Å²) in [5.41, 5.74) is 7.22. The number of amides is 2. The van der Waals surface area contributed by atoms with E-state index in [1.54, 1.807) is 12.1 Å². The second-order valence-electron chi connectivity index (χ2n) is 5.80. The van der Waals surface area contributed by atoms with Gasteiger partial charge >= 0.3 is 0 Å². The highest BCUT2D eigenvalue weighted by atomic mass is 35.5. The molecule has 0 aromatic heterocycles. The van der Waals surface area contributed by atoms with E-state index in [-0.39, 0.29) is 30.7 Å². The lowest BCUT2D eigenvalue weighted by Crippen LogP contribution is -2.45. The van der Waals surface area contributed by atoms with E-state index in [0.29, 0.717) is 16.5 Å². The van der Waals surface area contributed by atoms with E-state index >= 15 is 0 Å². The van der Waals surface area contributed by atoms with Crippen molar-refractivity contribution in [3.05, 3.63) is 22.7 Å². The maximum absolute atomic E-state index is 12.0. The average Bonchev–Trinajstić information content (AvgIpc) is 2.56. The fourth-order valence-electron chi connectivity index (χ4n) is 2.07. The number of nitrogens with two attached hydrogens (primary N) is 1. The number of carbonyl (C=O) groups excluding carboxylic acids is 2. The van der Waals surface area contributed by atoms with E-state index in [1.165, 1.54) is 7.11 Å². The molecule has 4 N–H and O–H groups in total. The Balaban J connectivity index is 2.53. The van der Waals surface area contributed by atoms with Crippen molar-refractivity contribution < 1.29 is 14.3 Å². The highest BCUT2D eigenvalue weighted by Crippen LogP contribution is 2.30. The third-order valence-electron chi connectivity index (χ3n) is 3.97. The van der Waals surface area contributed by atoms with E-state index in [1.807, 2.05) is 20.8 Å².